The molecule has 2 aromatic rings. The average Bonchev–Trinajstić information content (AvgIpc) is 2.70. The predicted octanol–water partition coefficient (Wildman–Crippen LogP) is 3.68. The zero-order valence-electron chi connectivity index (χ0n) is 16.6. The van der Waals surface area contributed by atoms with Gasteiger partial charge in [0.1, 0.15) is 5.82 Å². The summed E-state index contributed by atoms with van der Waals surface area (Å²) < 4.78 is 10.5. The van der Waals surface area contributed by atoms with Crippen molar-refractivity contribution in [3.63, 3.8) is 0 Å². The maximum absolute atomic E-state index is 5.43. The summed E-state index contributed by atoms with van der Waals surface area (Å²) in [5, 5.41) is 3.54. The van der Waals surface area contributed by atoms with Crippen molar-refractivity contribution in [2.75, 3.05) is 19.5 Å². The summed E-state index contributed by atoms with van der Waals surface area (Å²) in [5.41, 5.74) is 3.31. The molecule has 7 nitrogen and oxygen atoms in total. The third-order valence-electron chi connectivity index (χ3n) is 4.40. The molecule has 0 aliphatic rings. The lowest BCUT2D eigenvalue weighted by atomic mass is 10.1. The van der Waals surface area contributed by atoms with Crippen LogP contribution in [0, 0.1) is 0 Å². The fourth-order valence-electron chi connectivity index (χ4n) is 2.78. The Balaban J connectivity index is 2.56. The average molecular weight is 359 g/mol. The molecule has 0 amide bonds. The fourth-order valence-corrected chi connectivity index (χ4v) is 2.78. The Morgan fingerprint density at radius 2 is 1.62 bits per heavy atom. The number of aromatic nitrogens is 4. The van der Waals surface area contributed by atoms with E-state index in [1.807, 2.05) is 0 Å². The summed E-state index contributed by atoms with van der Waals surface area (Å²) in [4.78, 5) is 18.3. The summed E-state index contributed by atoms with van der Waals surface area (Å²) >= 11 is 0. The quantitative estimate of drug-likeness (QED) is 0.731. The van der Waals surface area contributed by atoms with Crippen LogP contribution in [0.25, 0.3) is 11.3 Å². The molecule has 0 saturated heterocycles. The summed E-state index contributed by atoms with van der Waals surface area (Å²) in [6.07, 6.45) is 5.31. The lowest BCUT2D eigenvalue weighted by molar-refractivity contribution is 0.353. The van der Waals surface area contributed by atoms with Crippen molar-refractivity contribution in [2.45, 2.75) is 59.4 Å². The number of hydrogen-bond acceptors (Lipinski definition) is 7. The standard InChI is InChI=1S/C19H29N5O2/c1-7-12(8-2)21-17-15(10-4)22-16(14(9-3)23-17)13-11-20-19(26-6)24-18(13)25-5/h11-12H,7-10H2,1-6H3,(H,21,23). The third kappa shape index (κ3) is 4.20. The van der Waals surface area contributed by atoms with E-state index in [9.17, 15) is 0 Å². The van der Waals surface area contributed by atoms with Gasteiger partial charge in [-0.25, -0.2) is 15.0 Å². The van der Waals surface area contributed by atoms with Crippen LogP contribution in [0.15, 0.2) is 6.20 Å². The molecule has 0 fully saturated rings. The molecule has 2 heterocycles. The van der Waals surface area contributed by atoms with E-state index >= 15 is 0 Å². The Bertz CT molecular complexity index is 732. The van der Waals surface area contributed by atoms with E-state index in [0.29, 0.717) is 11.9 Å². The monoisotopic (exact) mass is 359 g/mol. The van der Waals surface area contributed by atoms with Crippen molar-refractivity contribution in [3.05, 3.63) is 17.6 Å². The van der Waals surface area contributed by atoms with Crippen molar-refractivity contribution in [1.82, 2.24) is 19.9 Å². The highest BCUT2D eigenvalue weighted by Gasteiger charge is 2.19. The fraction of sp³-hybridized carbons (Fsp3) is 0.579. The first kappa shape index (κ1) is 19.9. The smallest absolute Gasteiger partial charge is 0.319 e. The summed E-state index contributed by atoms with van der Waals surface area (Å²) in [6.45, 7) is 8.50. The van der Waals surface area contributed by atoms with Gasteiger partial charge in [-0.05, 0) is 25.7 Å². The number of ether oxygens (including phenoxy) is 2. The van der Waals surface area contributed by atoms with Gasteiger partial charge in [-0.1, -0.05) is 27.7 Å². The molecule has 0 unspecified atom stereocenters. The number of nitrogens with one attached hydrogen (secondary N) is 1. The van der Waals surface area contributed by atoms with Crippen molar-refractivity contribution < 1.29 is 9.47 Å². The molecule has 0 aromatic carbocycles. The molecule has 0 bridgehead atoms. The van der Waals surface area contributed by atoms with Crippen molar-refractivity contribution in [3.8, 4) is 23.1 Å². The van der Waals surface area contributed by atoms with Crippen LogP contribution < -0.4 is 14.8 Å². The number of aryl methyl sites for hydroxylation is 2. The maximum Gasteiger partial charge on any atom is 0.319 e. The van der Waals surface area contributed by atoms with Crippen molar-refractivity contribution in [2.24, 2.45) is 0 Å². The minimum Gasteiger partial charge on any atom is -0.480 e. The molecule has 1 N–H and O–H groups in total. The molecular weight excluding hydrogens is 330 g/mol. The first-order chi connectivity index (χ1) is 12.6. The molecule has 2 rings (SSSR count). The topological polar surface area (TPSA) is 82.1 Å². The molecule has 0 spiro atoms. The first-order valence-corrected chi connectivity index (χ1v) is 9.23. The second kappa shape index (κ2) is 9.31. The Hall–Kier alpha value is -2.44. The lowest BCUT2D eigenvalue weighted by Crippen LogP contribution is -2.20. The van der Waals surface area contributed by atoms with Gasteiger partial charge >= 0.3 is 6.01 Å². The number of anilines is 1. The predicted molar refractivity (Wildman–Crippen MR) is 103 cm³/mol. The molecule has 26 heavy (non-hydrogen) atoms. The maximum atomic E-state index is 5.43. The summed E-state index contributed by atoms with van der Waals surface area (Å²) in [7, 11) is 3.10. The van der Waals surface area contributed by atoms with E-state index in [4.69, 9.17) is 19.4 Å². The van der Waals surface area contributed by atoms with Gasteiger partial charge < -0.3 is 14.8 Å². The van der Waals surface area contributed by atoms with Gasteiger partial charge in [-0.15, -0.1) is 0 Å². The zero-order chi connectivity index (χ0) is 19.1. The van der Waals surface area contributed by atoms with Gasteiger partial charge in [0.2, 0.25) is 5.88 Å². The summed E-state index contributed by atoms with van der Waals surface area (Å²) in [6, 6.07) is 0.656. The number of rotatable bonds is 9. The van der Waals surface area contributed by atoms with Gasteiger partial charge in [-0.2, -0.15) is 4.98 Å². The Labute approximate surface area is 155 Å². The van der Waals surface area contributed by atoms with E-state index < -0.39 is 0 Å². The minimum absolute atomic E-state index is 0.263. The second-order valence-corrected chi connectivity index (χ2v) is 5.96. The molecular formula is C19H29N5O2. The lowest BCUT2D eigenvalue weighted by Gasteiger charge is -2.20. The number of hydrogen-bond donors (Lipinski definition) is 1. The Kier molecular flexibility index (Phi) is 7.12. The van der Waals surface area contributed by atoms with Crippen LogP contribution in [0.1, 0.15) is 51.9 Å². The second-order valence-electron chi connectivity index (χ2n) is 5.96. The molecule has 0 aliphatic carbocycles. The minimum atomic E-state index is 0.263. The van der Waals surface area contributed by atoms with Crippen molar-refractivity contribution >= 4 is 5.82 Å². The molecule has 0 atom stereocenters. The van der Waals surface area contributed by atoms with Crippen LogP contribution in [-0.4, -0.2) is 40.2 Å². The number of methoxy groups -OCH3 is 2. The highest BCUT2D eigenvalue weighted by molar-refractivity contribution is 5.68. The molecule has 0 aliphatic heterocycles. The third-order valence-corrected chi connectivity index (χ3v) is 4.40. The Morgan fingerprint density at radius 3 is 2.15 bits per heavy atom. The van der Waals surface area contributed by atoms with E-state index in [2.05, 4.69) is 43.0 Å². The van der Waals surface area contributed by atoms with E-state index in [1.165, 1.54) is 7.11 Å². The van der Waals surface area contributed by atoms with E-state index in [0.717, 1.165) is 54.1 Å². The van der Waals surface area contributed by atoms with E-state index in [1.54, 1.807) is 13.3 Å². The highest BCUT2D eigenvalue weighted by Crippen LogP contribution is 2.31. The van der Waals surface area contributed by atoms with Gasteiger partial charge in [0.15, 0.2) is 0 Å². The number of nitrogens with zero attached hydrogens (tertiary/aromatic N) is 4. The normalized spacial score (nSPS) is 10.9. The van der Waals surface area contributed by atoms with Crippen LogP contribution in [0.3, 0.4) is 0 Å². The molecule has 2 aromatic heterocycles. The molecule has 0 saturated carbocycles. The van der Waals surface area contributed by atoms with Gasteiger partial charge in [-0.3, -0.25) is 0 Å². The van der Waals surface area contributed by atoms with Crippen LogP contribution in [0.2, 0.25) is 0 Å². The van der Waals surface area contributed by atoms with Crippen molar-refractivity contribution in [1.29, 1.82) is 0 Å². The van der Waals surface area contributed by atoms with Gasteiger partial charge in [0.25, 0.3) is 0 Å². The van der Waals surface area contributed by atoms with E-state index in [-0.39, 0.29) is 6.01 Å². The van der Waals surface area contributed by atoms with Crippen LogP contribution in [0.5, 0.6) is 11.9 Å². The summed E-state index contributed by atoms with van der Waals surface area (Å²) in [5.74, 6) is 1.30. The van der Waals surface area contributed by atoms with Crippen LogP contribution >= 0.6 is 0 Å². The van der Waals surface area contributed by atoms with Gasteiger partial charge in [0.05, 0.1) is 36.9 Å². The van der Waals surface area contributed by atoms with Gasteiger partial charge in [0, 0.05) is 12.2 Å². The molecule has 142 valence electrons. The zero-order valence-corrected chi connectivity index (χ0v) is 16.6. The SMILES string of the molecule is CCc1nc(-c2cnc(OC)nc2OC)c(CC)nc1NC(CC)CC. The van der Waals surface area contributed by atoms with Crippen LogP contribution in [0.4, 0.5) is 5.82 Å². The molecule has 0 radical (unpaired) electrons. The molecule has 7 heteroatoms. The first-order valence-electron chi connectivity index (χ1n) is 9.23. The Morgan fingerprint density at radius 1 is 0.923 bits per heavy atom. The largest absolute Gasteiger partial charge is 0.480 e. The van der Waals surface area contributed by atoms with Crippen LogP contribution in [-0.2, 0) is 12.8 Å². The highest BCUT2D eigenvalue weighted by atomic mass is 16.5.